The smallest absolute Gasteiger partial charge is 0.173 e. The number of benzene rings is 2. The predicted molar refractivity (Wildman–Crippen MR) is 137 cm³/mol. The summed E-state index contributed by atoms with van der Waals surface area (Å²) in [5.74, 6) is 0.0456. The topological polar surface area (TPSA) is 43.0 Å². The van der Waals surface area contributed by atoms with Gasteiger partial charge in [0, 0.05) is 19.1 Å². The van der Waals surface area contributed by atoms with E-state index < -0.39 is 17.5 Å². The van der Waals surface area contributed by atoms with Gasteiger partial charge in [0.25, 0.3) is 0 Å². The minimum absolute atomic E-state index is 0.0171. The van der Waals surface area contributed by atoms with Crippen molar-refractivity contribution in [2.75, 3.05) is 53.2 Å². The highest BCUT2D eigenvalue weighted by molar-refractivity contribution is 5.79. The third-order valence-corrected chi connectivity index (χ3v) is 7.65. The van der Waals surface area contributed by atoms with Crippen molar-refractivity contribution in [2.24, 2.45) is 0 Å². The van der Waals surface area contributed by atoms with Crippen LogP contribution in [0, 0.1) is 5.82 Å². The van der Waals surface area contributed by atoms with Gasteiger partial charge in [-0.15, -0.1) is 0 Å². The highest BCUT2D eigenvalue weighted by Crippen LogP contribution is 2.52. The van der Waals surface area contributed by atoms with E-state index in [1.165, 1.54) is 23.8 Å². The van der Waals surface area contributed by atoms with Crippen molar-refractivity contribution in [3.63, 3.8) is 0 Å². The Morgan fingerprint density at radius 1 is 1.14 bits per heavy atom. The van der Waals surface area contributed by atoms with E-state index in [2.05, 4.69) is 29.3 Å². The van der Waals surface area contributed by atoms with Crippen molar-refractivity contribution >= 4 is 5.57 Å². The van der Waals surface area contributed by atoms with Gasteiger partial charge in [-0.1, -0.05) is 24.3 Å². The van der Waals surface area contributed by atoms with Crippen LogP contribution in [-0.2, 0) is 11.2 Å². The molecule has 2 atom stereocenters. The Hall–Kier alpha value is -2.55. The zero-order chi connectivity index (χ0) is 26.0. The zero-order valence-corrected chi connectivity index (χ0v) is 21.5. The second kappa shape index (κ2) is 11.1. The molecule has 5 rings (SSSR count). The monoisotopic (exact) mass is 516 g/mol. The van der Waals surface area contributed by atoms with Gasteiger partial charge in [0.15, 0.2) is 17.2 Å². The maximum absolute atomic E-state index is 16.3. The molecule has 1 aliphatic carbocycles. The van der Waals surface area contributed by atoms with Crippen LogP contribution in [0.3, 0.4) is 0 Å². The molecular formula is C29H35F3N2O3. The average Bonchev–Trinajstić information content (AvgIpc) is 3.24. The van der Waals surface area contributed by atoms with Crippen LogP contribution in [0.4, 0.5) is 13.2 Å². The summed E-state index contributed by atoms with van der Waals surface area (Å²) < 4.78 is 60.7. The molecule has 8 heteroatoms. The van der Waals surface area contributed by atoms with Crippen LogP contribution in [0.2, 0.25) is 0 Å². The Balaban J connectivity index is 1.52. The minimum atomic E-state index is -1.46. The lowest BCUT2D eigenvalue weighted by atomic mass is 9.83. The van der Waals surface area contributed by atoms with Crippen LogP contribution < -0.4 is 14.8 Å². The normalized spacial score (nSPS) is 22.4. The SMILES string of the molecule is COc1ccc(OCCNCCCF)c(F)c1[C@@H]1C2=C(C[C@@H](C)N1CC1(F)COC1)c1ccccc1C2. The standard InChI is InChI=1S/C29H35F3N2O3/c1-19-14-22-21-7-4-3-6-20(21)15-23(22)28(34(19)16-29(32)17-36-18-29)26-24(35-2)8-9-25(27(26)31)37-13-12-33-11-5-10-30/h3-4,6-9,19,28,33H,5,10-18H2,1-2H3/t19-,28+/m1/s1. The first-order valence-electron chi connectivity index (χ1n) is 13.0. The van der Waals surface area contributed by atoms with Crippen LogP contribution in [-0.4, -0.2) is 69.8 Å². The quantitative estimate of drug-likeness (QED) is 0.424. The van der Waals surface area contributed by atoms with Gasteiger partial charge in [-0.25, -0.2) is 8.78 Å². The molecule has 1 saturated heterocycles. The van der Waals surface area contributed by atoms with E-state index in [-0.39, 0.29) is 44.8 Å². The molecule has 2 aliphatic heterocycles. The largest absolute Gasteiger partial charge is 0.496 e. The minimum Gasteiger partial charge on any atom is -0.496 e. The van der Waals surface area contributed by atoms with Gasteiger partial charge >= 0.3 is 0 Å². The summed E-state index contributed by atoms with van der Waals surface area (Å²) in [6.45, 7) is 3.20. The summed E-state index contributed by atoms with van der Waals surface area (Å²) in [6, 6.07) is 11.1. The fraction of sp³-hybridized carbons (Fsp3) is 0.517. The first kappa shape index (κ1) is 26.1. The molecule has 0 unspecified atom stereocenters. The number of rotatable bonds is 11. The molecule has 3 aliphatic rings. The number of hydrogen-bond donors (Lipinski definition) is 1. The molecule has 0 spiro atoms. The van der Waals surface area contributed by atoms with Gasteiger partial charge in [0.2, 0.25) is 0 Å². The van der Waals surface area contributed by atoms with E-state index in [4.69, 9.17) is 14.2 Å². The van der Waals surface area contributed by atoms with Crippen molar-refractivity contribution in [1.82, 2.24) is 10.2 Å². The molecule has 0 amide bonds. The van der Waals surface area contributed by atoms with Crippen molar-refractivity contribution in [3.8, 4) is 11.5 Å². The maximum Gasteiger partial charge on any atom is 0.173 e. The van der Waals surface area contributed by atoms with E-state index in [1.54, 1.807) is 12.1 Å². The molecule has 0 radical (unpaired) electrons. The van der Waals surface area contributed by atoms with Crippen LogP contribution >= 0.6 is 0 Å². The Kier molecular flexibility index (Phi) is 7.79. The maximum atomic E-state index is 16.3. The summed E-state index contributed by atoms with van der Waals surface area (Å²) in [6.07, 6.45) is 1.88. The lowest BCUT2D eigenvalue weighted by Gasteiger charge is -2.47. The third-order valence-electron chi connectivity index (χ3n) is 7.65. The van der Waals surface area contributed by atoms with Gasteiger partial charge in [-0.2, -0.15) is 0 Å². The van der Waals surface area contributed by atoms with Crippen molar-refractivity contribution in [1.29, 1.82) is 0 Å². The van der Waals surface area contributed by atoms with Crippen LogP contribution in [0.15, 0.2) is 42.0 Å². The second-order valence-corrected chi connectivity index (χ2v) is 10.2. The summed E-state index contributed by atoms with van der Waals surface area (Å²) in [5, 5.41) is 3.09. The van der Waals surface area contributed by atoms with Crippen LogP contribution in [0.5, 0.6) is 11.5 Å². The molecule has 2 aromatic rings. The molecule has 1 N–H and O–H groups in total. The van der Waals surface area contributed by atoms with Gasteiger partial charge in [0.1, 0.15) is 12.4 Å². The predicted octanol–water partition coefficient (Wildman–Crippen LogP) is 5.05. The van der Waals surface area contributed by atoms with Crippen LogP contribution in [0.25, 0.3) is 5.57 Å². The van der Waals surface area contributed by atoms with E-state index in [0.717, 1.165) is 12.0 Å². The third kappa shape index (κ3) is 5.11. The van der Waals surface area contributed by atoms with E-state index in [1.807, 2.05) is 12.1 Å². The number of fused-ring (bicyclic) bond motifs is 2. The lowest BCUT2D eigenvalue weighted by Crippen LogP contribution is -2.57. The highest BCUT2D eigenvalue weighted by Gasteiger charge is 2.48. The summed E-state index contributed by atoms with van der Waals surface area (Å²) in [7, 11) is 1.53. The Labute approximate surface area is 216 Å². The number of alkyl halides is 2. The number of halogens is 3. The molecule has 0 aromatic heterocycles. The number of methoxy groups -OCH3 is 1. The van der Waals surface area contributed by atoms with Gasteiger partial charge < -0.3 is 19.5 Å². The average molecular weight is 517 g/mol. The van der Waals surface area contributed by atoms with E-state index in [0.29, 0.717) is 37.2 Å². The number of hydrogen-bond acceptors (Lipinski definition) is 5. The van der Waals surface area contributed by atoms with Crippen LogP contribution in [0.1, 0.15) is 42.5 Å². The number of nitrogens with zero attached hydrogens (tertiary/aromatic N) is 1. The van der Waals surface area contributed by atoms with E-state index >= 15 is 8.78 Å². The second-order valence-electron chi connectivity index (χ2n) is 10.2. The fourth-order valence-electron chi connectivity index (χ4n) is 5.80. The zero-order valence-electron chi connectivity index (χ0n) is 21.5. The summed E-state index contributed by atoms with van der Waals surface area (Å²) in [5.41, 5.74) is 3.62. The number of nitrogens with one attached hydrogen (secondary N) is 1. The molecule has 5 nitrogen and oxygen atoms in total. The summed E-state index contributed by atoms with van der Waals surface area (Å²) >= 11 is 0. The molecule has 37 heavy (non-hydrogen) atoms. The first-order chi connectivity index (χ1) is 18.0. The van der Waals surface area contributed by atoms with E-state index in [9.17, 15) is 4.39 Å². The Morgan fingerprint density at radius 2 is 1.92 bits per heavy atom. The molecule has 1 fully saturated rings. The van der Waals surface area contributed by atoms with Gasteiger partial charge in [0.05, 0.1) is 38.6 Å². The van der Waals surface area contributed by atoms with Crippen molar-refractivity contribution in [3.05, 3.63) is 64.5 Å². The van der Waals surface area contributed by atoms with Gasteiger partial charge in [-0.3, -0.25) is 9.29 Å². The fourth-order valence-corrected chi connectivity index (χ4v) is 5.80. The lowest BCUT2D eigenvalue weighted by molar-refractivity contribution is -0.147. The van der Waals surface area contributed by atoms with Crippen molar-refractivity contribution < 1.29 is 27.4 Å². The highest BCUT2D eigenvalue weighted by atomic mass is 19.1. The first-order valence-corrected chi connectivity index (χ1v) is 13.0. The number of ether oxygens (including phenoxy) is 3. The molecule has 2 aromatic carbocycles. The summed E-state index contributed by atoms with van der Waals surface area (Å²) in [4.78, 5) is 2.08. The molecule has 2 heterocycles. The Bertz CT molecular complexity index is 1150. The Morgan fingerprint density at radius 3 is 2.65 bits per heavy atom. The molecule has 200 valence electrons. The van der Waals surface area contributed by atoms with Crippen molar-refractivity contribution in [2.45, 2.75) is 43.9 Å². The molecule has 0 saturated carbocycles. The van der Waals surface area contributed by atoms with Gasteiger partial charge in [-0.05, 0) is 67.1 Å². The molecule has 0 bridgehead atoms. The molecular weight excluding hydrogens is 481 g/mol.